The highest BCUT2D eigenvalue weighted by Gasteiger charge is 2.24. The second-order valence-electron chi connectivity index (χ2n) is 10.8. The van der Waals surface area contributed by atoms with Crippen LogP contribution >= 0.6 is 11.8 Å². The Bertz CT molecular complexity index is 1160. The molecule has 1 aliphatic heterocycles. The number of carboxylic acid groups (broad SMARTS) is 1. The number of benzene rings is 2. The van der Waals surface area contributed by atoms with Crippen LogP contribution in [-0.2, 0) is 16.1 Å². The molecule has 2 aromatic carbocycles. The normalized spacial score (nSPS) is 17.8. The minimum Gasteiger partial charge on any atom is -0.499 e. The molecule has 2 aromatic rings. The summed E-state index contributed by atoms with van der Waals surface area (Å²) in [5.74, 6) is -0.0179. The van der Waals surface area contributed by atoms with Crippen molar-refractivity contribution in [2.75, 3.05) is 25.2 Å². The molecule has 7 heteroatoms. The maximum absolute atomic E-state index is 13.4. The third kappa shape index (κ3) is 8.04. The first-order chi connectivity index (χ1) is 19.0. The molecule has 2 N–H and O–H groups in total. The van der Waals surface area contributed by atoms with Gasteiger partial charge in [-0.2, -0.15) is 11.8 Å². The first kappa shape index (κ1) is 29.1. The molecule has 0 bridgehead atoms. The van der Waals surface area contributed by atoms with Crippen LogP contribution in [0, 0.1) is 12.8 Å². The Morgan fingerprint density at radius 3 is 2.67 bits per heavy atom. The minimum atomic E-state index is -1.01. The number of nitrogens with one attached hydrogen (secondary N) is 1. The van der Waals surface area contributed by atoms with Gasteiger partial charge in [0.1, 0.15) is 12.3 Å². The number of nitrogens with zero attached hydrogens (tertiary/aromatic N) is 1. The summed E-state index contributed by atoms with van der Waals surface area (Å²) in [6, 6.07) is 13.0. The van der Waals surface area contributed by atoms with E-state index >= 15 is 0 Å². The fourth-order valence-corrected chi connectivity index (χ4v) is 6.11. The fraction of sp³-hybridized carbons (Fsp3) is 0.500. The van der Waals surface area contributed by atoms with Crippen LogP contribution < -0.4 is 5.32 Å². The quantitative estimate of drug-likeness (QED) is 0.289. The highest BCUT2D eigenvalue weighted by Crippen LogP contribution is 2.31. The molecule has 1 amide bonds. The van der Waals surface area contributed by atoms with E-state index in [1.54, 1.807) is 11.8 Å². The number of hydrogen-bond donors (Lipinski definition) is 2. The average Bonchev–Trinajstić information content (AvgIpc) is 3.38. The van der Waals surface area contributed by atoms with Crippen LogP contribution in [0.25, 0.3) is 11.1 Å². The summed E-state index contributed by atoms with van der Waals surface area (Å²) in [5, 5.41) is 12.4. The van der Waals surface area contributed by atoms with Gasteiger partial charge in [-0.3, -0.25) is 4.79 Å². The SMILES string of the molecule is CSCC[C@H](NC(=O)c1ccc(CN2CCC/C2=C\OCC2CCCCC2)cc1-c1ccccc1C)C(=O)O. The molecule has 2 aliphatic rings. The second kappa shape index (κ2) is 14.5. The number of carbonyl (C=O) groups is 2. The predicted octanol–water partition coefficient (Wildman–Crippen LogP) is 6.63. The van der Waals surface area contributed by atoms with E-state index in [2.05, 4.69) is 16.3 Å². The topological polar surface area (TPSA) is 78.9 Å². The van der Waals surface area contributed by atoms with Gasteiger partial charge >= 0.3 is 5.97 Å². The monoisotopic (exact) mass is 550 g/mol. The molecule has 2 fully saturated rings. The lowest BCUT2D eigenvalue weighted by Gasteiger charge is -2.23. The van der Waals surface area contributed by atoms with Crippen LogP contribution in [0.2, 0.25) is 0 Å². The van der Waals surface area contributed by atoms with E-state index in [9.17, 15) is 14.7 Å². The van der Waals surface area contributed by atoms with Crippen LogP contribution in [-0.4, -0.2) is 53.1 Å². The summed E-state index contributed by atoms with van der Waals surface area (Å²) in [4.78, 5) is 27.5. The molecule has 210 valence electrons. The number of allylic oxidation sites excluding steroid dienone is 1. The summed E-state index contributed by atoms with van der Waals surface area (Å²) < 4.78 is 6.06. The lowest BCUT2D eigenvalue weighted by molar-refractivity contribution is -0.139. The smallest absolute Gasteiger partial charge is 0.326 e. The van der Waals surface area contributed by atoms with E-state index in [0.717, 1.165) is 54.8 Å². The zero-order valence-corrected chi connectivity index (χ0v) is 24.1. The average molecular weight is 551 g/mol. The van der Waals surface area contributed by atoms with E-state index in [1.807, 2.05) is 55.8 Å². The number of rotatable bonds is 12. The summed E-state index contributed by atoms with van der Waals surface area (Å²) in [5.41, 5.74) is 5.73. The molecule has 1 saturated heterocycles. The van der Waals surface area contributed by atoms with Gasteiger partial charge < -0.3 is 20.1 Å². The van der Waals surface area contributed by atoms with E-state index in [4.69, 9.17) is 4.74 Å². The molecule has 4 rings (SSSR count). The van der Waals surface area contributed by atoms with Gasteiger partial charge in [0.2, 0.25) is 0 Å². The molecule has 6 nitrogen and oxygen atoms in total. The Hall–Kier alpha value is -2.93. The zero-order valence-electron chi connectivity index (χ0n) is 23.3. The second-order valence-corrected chi connectivity index (χ2v) is 11.8. The van der Waals surface area contributed by atoms with E-state index < -0.39 is 12.0 Å². The number of likely N-dealkylation sites (tertiary alicyclic amines) is 1. The van der Waals surface area contributed by atoms with Crippen molar-refractivity contribution in [3.63, 3.8) is 0 Å². The van der Waals surface area contributed by atoms with Crippen molar-refractivity contribution in [1.29, 1.82) is 0 Å². The maximum atomic E-state index is 13.4. The molecule has 0 radical (unpaired) electrons. The summed E-state index contributed by atoms with van der Waals surface area (Å²) in [7, 11) is 0. The number of ether oxygens (including phenoxy) is 1. The van der Waals surface area contributed by atoms with Crippen molar-refractivity contribution in [1.82, 2.24) is 10.2 Å². The van der Waals surface area contributed by atoms with Gasteiger partial charge in [0, 0.05) is 24.4 Å². The Kier molecular flexibility index (Phi) is 10.8. The van der Waals surface area contributed by atoms with Gasteiger partial charge in [-0.25, -0.2) is 4.79 Å². The third-order valence-electron chi connectivity index (χ3n) is 7.89. The molecule has 1 saturated carbocycles. The van der Waals surface area contributed by atoms with Gasteiger partial charge in [-0.05, 0) is 91.3 Å². The molecule has 1 atom stereocenters. The molecule has 39 heavy (non-hydrogen) atoms. The number of carboxylic acids is 1. The van der Waals surface area contributed by atoms with E-state index in [1.165, 1.54) is 37.8 Å². The van der Waals surface area contributed by atoms with E-state index in [0.29, 0.717) is 23.7 Å². The van der Waals surface area contributed by atoms with E-state index in [-0.39, 0.29) is 5.91 Å². The molecular weight excluding hydrogens is 508 g/mol. The van der Waals surface area contributed by atoms with Crippen molar-refractivity contribution in [3.05, 3.63) is 71.1 Å². The Morgan fingerprint density at radius 1 is 1.13 bits per heavy atom. The highest BCUT2D eigenvalue weighted by molar-refractivity contribution is 7.98. The third-order valence-corrected chi connectivity index (χ3v) is 8.54. The van der Waals surface area contributed by atoms with Crippen molar-refractivity contribution >= 4 is 23.6 Å². The number of thioether (sulfide) groups is 1. The molecule has 1 aliphatic carbocycles. The number of hydrogen-bond acceptors (Lipinski definition) is 5. The van der Waals surface area contributed by atoms with Gasteiger partial charge in [-0.1, -0.05) is 49.6 Å². The first-order valence-electron chi connectivity index (χ1n) is 14.2. The summed E-state index contributed by atoms with van der Waals surface area (Å²) in [6.07, 6.45) is 13.0. The van der Waals surface area contributed by atoms with Gasteiger partial charge in [-0.15, -0.1) is 0 Å². The Labute approximate surface area is 237 Å². The lowest BCUT2D eigenvalue weighted by atomic mass is 9.90. The van der Waals surface area contributed by atoms with Gasteiger partial charge in [0.05, 0.1) is 6.61 Å². The zero-order chi connectivity index (χ0) is 27.6. The molecule has 1 heterocycles. The predicted molar refractivity (Wildman–Crippen MR) is 159 cm³/mol. The molecule has 0 unspecified atom stereocenters. The van der Waals surface area contributed by atoms with Crippen molar-refractivity contribution in [3.8, 4) is 11.1 Å². The minimum absolute atomic E-state index is 0.355. The highest BCUT2D eigenvalue weighted by atomic mass is 32.2. The Balaban J connectivity index is 1.53. The number of carbonyl (C=O) groups excluding carboxylic acids is 1. The van der Waals surface area contributed by atoms with Crippen LogP contribution in [0.15, 0.2) is 54.4 Å². The van der Waals surface area contributed by atoms with Gasteiger partial charge in [0.15, 0.2) is 0 Å². The van der Waals surface area contributed by atoms with Crippen LogP contribution in [0.4, 0.5) is 0 Å². The fourth-order valence-electron chi connectivity index (χ4n) is 5.64. The van der Waals surface area contributed by atoms with Crippen molar-refractivity contribution in [2.45, 2.75) is 70.9 Å². The summed E-state index contributed by atoms with van der Waals surface area (Å²) >= 11 is 1.57. The lowest BCUT2D eigenvalue weighted by Crippen LogP contribution is -2.41. The molecule has 0 aromatic heterocycles. The maximum Gasteiger partial charge on any atom is 0.326 e. The van der Waals surface area contributed by atoms with Gasteiger partial charge in [0.25, 0.3) is 5.91 Å². The van der Waals surface area contributed by atoms with Crippen LogP contribution in [0.3, 0.4) is 0 Å². The van der Waals surface area contributed by atoms with Crippen LogP contribution in [0.5, 0.6) is 0 Å². The molecule has 0 spiro atoms. The Morgan fingerprint density at radius 2 is 1.92 bits per heavy atom. The number of aryl methyl sites for hydroxylation is 1. The van der Waals surface area contributed by atoms with Crippen LogP contribution in [0.1, 0.15) is 72.9 Å². The summed E-state index contributed by atoms with van der Waals surface area (Å²) in [6.45, 7) is 4.57. The number of aliphatic carboxylic acids is 1. The van der Waals surface area contributed by atoms with Crippen molar-refractivity contribution < 1.29 is 19.4 Å². The first-order valence-corrected chi connectivity index (χ1v) is 15.6. The molecular formula is C32H42N2O4S. The standard InChI is InChI=1S/C32H42N2O4S/c1-23-9-6-7-13-27(23)29-19-25(14-15-28(29)31(35)33-30(32(36)37)16-18-39-2)20-34-17-8-12-26(34)22-38-21-24-10-4-3-5-11-24/h6-7,9,13-15,19,22,24,30H,3-5,8,10-12,16-18,20-21H2,1-2H3,(H,33,35)(H,36,37)/b26-22+/t30-/m0/s1. The van der Waals surface area contributed by atoms with Crippen molar-refractivity contribution in [2.24, 2.45) is 5.92 Å². The largest absolute Gasteiger partial charge is 0.499 e. The number of amides is 1.